The third-order valence-electron chi connectivity index (χ3n) is 2.83. The Morgan fingerprint density at radius 2 is 1.33 bits per heavy atom. The van der Waals surface area contributed by atoms with Crippen LogP contribution in [0.5, 0.6) is 0 Å². The fourth-order valence-electron chi connectivity index (χ4n) is 1.83. The molecule has 2 N–H and O–H groups in total. The van der Waals surface area contributed by atoms with Crippen LogP contribution in [0.1, 0.15) is 11.1 Å². The highest BCUT2D eigenvalue weighted by molar-refractivity contribution is 5.64. The summed E-state index contributed by atoms with van der Waals surface area (Å²) in [5.74, 6) is 0. The minimum Gasteiger partial charge on any atom is -0.412 e. The smallest absolute Gasteiger partial charge is 0.0251 e. The molecule has 0 aromatic heterocycles. The maximum atomic E-state index is 3.72. The van der Waals surface area contributed by atoms with Gasteiger partial charge in [0, 0.05) is 0 Å². The number of hydrogen-bond acceptors (Lipinski definition) is 0. The van der Waals surface area contributed by atoms with E-state index in [1.165, 1.54) is 11.1 Å². The maximum absolute atomic E-state index is 3.72. The molecule has 0 aliphatic rings. The summed E-state index contributed by atoms with van der Waals surface area (Å²) in [5.41, 5.74) is 3.52. The summed E-state index contributed by atoms with van der Waals surface area (Å²) < 4.78 is 0. The third kappa shape index (κ3) is 5.89. The first kappa shape index (κ1) is 16.4. The third-order valence-corrected chi connectivity index (χ3v) is 2.83. The second kappa shape index (κ2) is 9.29. The molecule has 0 atom stereocenters. The first-order chi connectivity index (χ1) is 9.88. The van der Waals surface area contributed by atoms with Crippen LogP contribution in [0.3, 0.4) is 0 Å². The Hall–Kier alpha value is -2.64. The van der Waals surface area contributed by atoms with E-state index in [1.54, 1.807) is 6.08 Å². The molecule has 106 valence electrons. The Bertz CT molecular complexity index is 619. The molecule has 0 amide bonds. The number of allylic oxidation sites excluding steroid dienone is 5. The van der Waals surface area contributed by atoms with Gasteiger partial charge in [-0.2, -0.15) is 0 Å². The standard InChI is InChI=1S/C20H18.H2O/c1-2-3-10-20(17-19-13-8-5-9-14-19)16-15-18-11-6-4-7-12-18;/h2-17H,1H2;1H2. The molecule has 2 aromatic rings. The number of hydrogen-bond donors (Lipinski definition) is 0. The lowest BCUT2D eigenvalue weighted by Gasteiger charge is -1.97. The lowest BCUT2D eigenvalue weighted by Crippen LogP contribution is -1.76. The molecule has 0 aliphatic carbocycles. The van der Waals surface area contributed by atoms with Crippen LogP contribution in [-0.2, 0) is 0 Å². The van der Waals surface area contributed by atoms with Crippen molar-refractivity contribution in [2.45, 2.75) is 0 Å². The second-order valence-electron chi connectivity index (χ2n) is 4.39. The highest BCUT2D eigenvalue weighted by atomic mass is 16.0. The van der Waals surface area contributed by atoms with Crippen molar-refractivity contribution in [2.75, 3.05) is 0 Å². The van der Waals surface area contributed by atoms with E-state index in [9.17, 15) is 0 Å². The van der Waals surface area contributed by atoms with Gasteiger partial charge in [-0.3, -0.25) is 0 Å². The molecule has 0 saturated carbocycles. The van der Waals surface area contributed by atoms with Gasteiger partial charge in [0.15, 0.2) is 0 Å². The fraction of sp³-hybridized carbons (Fsp3) is 0. The normalized spacial score (nSPS) is 11.5. The van der Waals surface area contributed by atoms with Crippen molar-refractivity contribution in [3.05, 3.63) is 108 Å². The van der Waals surface area contributed by atoms with Crippen LogP contribution < -0.4 is 0 Å². The minimum absolute atomic E-state index is 0. The number of benzene rings is 2. The highest BCUT2D eigenvalue weighted by Crippen LogP contribution is 2.11. The van der Waals surface area contributed by atoms with Crippen molar-refractivity contribution in [1.82, 2.24) is 0 Å². The van der Waals surface area contributed by atoms with Crippen LogP contribution >= 0.6 is 0 Å². The Morgan fingerprint density at radius 3 is 1.90 bits per heavy atom. The summed E-state index contributed by atoms with van der Waals surface area (Å²) in [7, 11) is 0. The predicted octanol–water partition coefficient (Wildman–Crippen LogP) is 4.70. The molecular formula is C20H20O. The van der Waals surface area contributed by atoms with E-state index in [2.05, 4.69) is 55.1 Å². The van der Waals surface area contributed by atoms with Crippen molar-refractivity contribution in [3.63, 3.8) is 0 Å². The average Bonchev–Trinajstić information content (AvgIpc) is 2.52. The van der Waals surface area contributed by atoms with Gasteiger partial charge in [0.05, 0.1) is 0 Å². The van der Waals surface area contributed by atoms with Crippen molar-refractivity contribution in [2.24, 2.45) is 0 Å². The molecule has 0 spiro atoms. The van der Waals surface area contributed by atoms with Crippen molar-refractivity contribution >= 4 is 12.2 Å². The summed E-state index contributed by atoms with van der Waals surface area (Å²) in [6, 6.07) is 20.6. The zero-order chi connectivity index (χ0) is 14.0. The van der Waals surface area contributed by atoms with Gasteiger partial charge in [-0.05, 0) is 22.8 Å². The summed E-state index contributed by atoms with van der Waals surface area (Å²) in [4.78, 5) is 0. The molecule has 0 saturated heterocycles. The molecule has 0 unspecified atom stereocenters. The molecule has 2 aromatic carbocycles. The Balaban J connectivity index is 0.00000220. The van der Waals surface area contributed by atoms with E-state index >= 15 is 0 Å². The quantitative estimate of drug-likeness (QED) is 0.709. The van der Waals surface area contributed by atoms with Gasteiger partial charge in [-0.1, -0.05) is 97.6 Å². The molecule has 1 nitrogen and oxygen atoms in total. The fourth-order valence-corrected chi connectivity index (χ4v) is 1.83. The maximum Gasteiger partial charge on any atom is -0.0251 e. The van der Waals surface area contributed by atoms with Gasteiger partial charge < -0.3 is 5.48 Å². The topological polar surface area (TPSA) is 31.5 Å². The van der Waals surface area contributed by atoms with E-state index in [-0.39, 0.29) is 5.48 Å². The zero-order valence-corrected chi connectivity index (χ0v) is 11.9. The van der Waals surface area contributed by atoms with Gasteiger partial charge in [0.2, 0.25) is 0 Å². The predicted molar refractivity (Wildman–Crippen MR) is 92.8 cm³/mol. The van der Waals surface area contributed by atoms with Crippen LogP contribution in [0, 0.1) is 0 Å². The second-order valence-corrected chi connectivity index (χ2v) is 4.39. The van der Waals surface area contributed by atoms with E-state index in [4.69, 9.17) is 0 Å². The van der Waals surface area contributed by atoms with Crippen molar-refractivity contribution in [1.29, 1.82) is 0 Å². The minimum atomic E-state index is 0. The molecule has 0 heterocycles. The lowest BCUT2D eigenvalue weighted by atomic mass is 10.1. The number of rotatable bonds is 5. The molecule has 0 aliphatic heterocycles. The summed E-state index contributed by atoms with van der Waals surface area (Å²) >= 11 is 0. The molecule has 1 heteroatoms. The summed E-state index contributed by atoms with van der Waals surface area (Å²) in [6.45, 7) is 3.72. The highest BCUT2D eigenvalue weighted by Gasteiger charge is 1.90. The lowest BCUT2D eigenvalue weighted by molar-refractivity contribution is 0.824. The molecule has 0 radical (unpaired) electrons. The zero-order valence-electron chi connectivity index (χ0n) is 11.9. The summed E-state index contributed by atoms with van der Waals surface area (Å²) in [5, 5.41) is 0. The van der Waals surface area contributed by atoms with Crippen LogP contribution in [-0.4, -0.2) is 5.48 Å². The Labute approximate surface area is 126 Å². The van der Waals surface area contributed by atoms with E-state index < -0.39 is 0 Å². The van der Waals surface area contributed by atoms with Crippen LogP contribution in [0.2, 0.25) is 0 Å². The summed E-state index contributed by atoms with van der Waals surface area (Å²) in [6.07, 6.45) is 12.2. The Kier molecular flexibility index (Phi) is 7.26. The molecule has 21 heavy (non-hydrogen) atoms. The molecule has 2 rings (SSSR count). The van der Waals surface area contributed by atoms with Crippen LogP contribution in [0.25, 0.3) is 12.2 Å². The SMILES string of the molecule is C=CC=CC(C=Cc1ccccc1)=Cc1ccccc1.O. The van der Waals surface area contributed by atoms with Gasteiger partial charge in [-0.25, -0.2) is 0 Å². The molecule has 0 fully saturated rings. The average molecular weight is 276 g/mol. The molecular weight excluding hydrogens is 256 g/mol. The van der Waals surface area contributed by atoms with Gasteiger partial charge in [0.1, 0.15) is 0 Å². The van der Waals surface area contributed by atoms with Gasteiger partial charge >= 0.3 is 0 Å². The van der Waals surface area contributed by atoms with Gasteiger partial charge in [0.25, 0.3) is 0 Å². The first-order valence-electron chi connectivity index (χ1n) is 6.67. The van der Waals surface area contributed by atoms with Crippen LogP contribution in [0.15, 0.2) is 97.1 Å². The van der Waals surface area contributed by atoms with E-state index in [0.29, 0.717) is 0 Å². The monoisotopic (exact) mass is 276 g/mol. The van der Waals surface area contributed by atoms with E-state index in [1.807, 2.05) is 42.5 Å². The molecule has 0 bridgehead atoms. The van der Waals surface area contributed by atoms with Crippen molar-refractivity contribution in [3.8, 4) is 0 Å². The first-order valence-corrected chi connectivity index (χ1v) is 6.67. The van der Waals surface area contributed by atoms with E-state index in [0.717, 1.165) is 5.57 Å². The van der Waals surface area contributed by atoms with Crippen LogP contribution in [0.4, 0.5) is 0 Å². The largest absolute Gasteiger partial charge is 0.412 e. The Morgan fingerprint density at radius 1 is 0.762 bits per heavy atom. The van der Waals surface area contributed by atoms with Crippen molar-refractivity contribution < 1.29 is 5.48 Å². The van der Waals surface area contributed by atoms with Gasteiger partial charge in [-0.15, -0.1) is 0 Å².